The van der Waals surface area contributed by atoms with Crippen LogP contribution in [-0.4, -0.2) is 12.5 Å². The van der Waals surface area contributed by atoms with Gasteiger partial charge in [-0.2, -0.15) is 0 Å². The molecule has 0 fully saturated rings. The van der Waals surface area contributed by atoms with E-state index in [1.54, 1.807) is 6.08 Å². The maximum Gasteiger partial charge on any atom is 0.230 e. The standard InChI is InChI=1S/C12H13NO2/c1-2-8-14-12-9-11(15-13-12)10-6-4-3-5-7-10/h2-7,11H,1,8-9H2. The summed E-state index contributed by atoms with van der Waals surface area (Å²) in [6, 6.07) is 10.0. The van der Waals surface area contributed by atoms with Crippen LogP contribution in [0.2, 0.25) is 0 Å². The van der Waals surface area contributed by atoms with Crippen LogP contribution in [0.3, 0.4) is 0 Å². The maximum atomic E-state index is 5.31. The van der Waals surface area contributed by atoms with Crippen LogP contribution in [0.15, 0.2) is 48.1 Å². The molecule has 0 N–H and O–H groups in total. The van der Waals surface area contributed by atoms with Gasteiger partial charge in [-0.05, 0) is 5.56 Å². The van der Waals surface area contributed by atoms with Crippen molar-refractivity contribution in [2.75, 3.05) is 6.61 Å². The second-order valence-electron chi connectivity index (χ2n) is 3.29. The Labute approximate surface area is 89.0 Å². The van der Waals surface area contributed by atoms with Crippen LogP contribution in [-0.2, 0) is 9.57 Å². The Balaban J connectivity index is 1.93. The van der Waals surface area contributed by atoms with Crippen molar-refractivity contribution in [3.05, 3.63) is 48.6 Å². The molecule has 2 rings (SSSR count). The number of oxime groups is 1. The number of hydrogen-bond donors (Lipinski definition) is 0. The molecule has 1 atom stereocenters. The van der Waals surface area contributed by atoms with E-state index >= 15 is 0 Å². The van der Waals surface area contributed by atoms with Gasteiger partial charge in [0.2, 0.25) is 5.90 Å². The largest absolute Gasteiger partial charge is 0.474 e. The Morgan fingerprint density at radius 2 is 2.27 bits per heavy atom. The zero-order valence-electron chi connectivity index (χ0n) is 8.43. The summed E-state index contributed by atoms with van der Waals surface area (Å²) in [6.45, 7) is 4.05. The topological polar surface area (TPSA) is 30.8 Å². The van der Waals surface area contributed by atoms with Gasteiger partial charge in [-0.25, -0.2) is 0 Å². The van der Waals surface area contributed by atoms with Gasteiger partial charge in [0.15, 0.2) is 6.10 Å². The zero-order chi connectivity index (χ0) is 10.5. The van der Waals surface area contributed by atoms with Gasteiger partial charge in [-0.3, -0.25) is 0 Å². The van der Waals surface area contributed by atoms with Gasteiger partial charge in [-0.15, -0.1) is 0 Å². The molecule has 3 nitrogen and oxygen atoms in total. The van der Waals surface area contributed by atoms with Crippen molar-refractivity contribution in [3.63, 3.8) is 0 Å². The summed E-state index contributed by atoms with van der Waals surface area (Å²) in [6.07, 6.45) is 2.38. The molecule has 1 aromatic carbocycles. The molecule has 1 aromatic rings. The summed E-state index contributed by atoms with van der Waals surface area (Å²) in [4.78, 5) is 5.28. The van der Waals surface area contributed by atoms with Crippen LogP contribution in [0, 0.1) is 0 Å². The number of benzene rings is 1. The lowest BCUT2D eigenvalue weighted by atomic mass is 10.1. The highest BCUT2D eigenvalue weighted by molar-refractivity contribution is 5.77. The first-order valence-electron chi connectivity index (χ1n) is 4.91. The monoisotopic (exact) mass is 203 g/mol. The summed E-state index contributed by atoms with van der Waals surface area (Å²) in [7, 11) is 0. The Morgan fingerprint density at radius 1 is 1.47 bits per heavy atom. The fourth-order valence-corrected chi connectivity index (χ4v) is 1.44. The third-order valence-corrected chi connectivity index (χ3v) is 2.18. The van der Waals surface area contributed by atoms with E-state index in [9.17, 15) is 0 Å². The van der Waals surface area contributed by atoms with Crippen LogP contribution in [0.1, 0.15) is 18.1 Å². The van der Waals surface area contributed by atoms with Crippen molar-refractivity contribution < 1.29 is 9.57 Å². The minimum atomic E-state index is -0.00832. The molecule has 0 aliphatic carbocycles. The first-order chi connectivity index (χ1) is 7.40. The maximum absolute atomic E-state index is 5.31. The van der Waals surface area contributed by atoms with E-state index in [-0.39, 0.29) is 6.10 Å². The van der Waals surface area contributed by atoms with Crippen molar-refractivity contribution in [2.24, 2.45) is 5.16 Å². The van der Waals surface area contributed by atoms with Crippen LogP contribution in [0.4, 0.5) is 0 Å². The van der Waals surface area contributed by atoms with Gasteiger partial charge in [0, 0.05) is 0 Å². The van der Waals surface area contributed by atoms with E-state index in [1.807, 2.05) is 30.3 Å². The summed E-state index contributed by atoms with van der Waals surface area (Å²) in [5.41, 5.74) is 1.12. The van der Waals surface area contributed by atoms with E-state index in [4.69, 9.17) is 9.57 Å². The van der Waals surface area contributed by atoms with Crippen LogP contribution in [0.25, 0.3) is 0 Å². The Kier molecular flexibility index (Phi) is 3.02. The molecule has 1 unspecified atom stereocenters. The second-order valence-corrected chi connectivity index (χ2v) is 3.29. The third-order valence-electron chi connectivity index (χ3n) is 2.18. The second kappa shape index (κ2) is 4.64. The first kappa shape index (κ1) is 9.77. The molecule has 3 heteroatoms. The lowest BCUT2D eigenvalue weighted by molar-refractivity contribution is 0.0853. The molecule has 0 amide bonds. The van der Waals surface area contributed by atoms with Crippen LogP contribution < -0.4 is 0 Å². The summed E-state index contributed by atoms with van der Waals surface area (Å²) >= 11 is 0. The highest BCUT2D eigenvalue weighted by Crippen LogP contribution is 2.26. The minimum Gasteiger partial charge on any atom is -0.474 e. The van der Waals surface area contributed by atoms with Crippen LogP contribution in [0.5, 0.6) is 0 Å². The van der Waals surface area contributed by atoms with Crippen molar-refractivity contribution in [1.29, 1.82) is 0 Å². The predicted molar refractivity (Wildman–Crippen MR) is 58.5 cm³/mol. The average molecular weight is 203 g/mol. The van der Waals surface area contributed by atoms with E-state index in [0.29, 0.717) is 18.9 Å². The van der Waals surface area contributed by atoms with Gasteiger partial charge in [0.25, 0.3) is 0 Å². The van der Waals surface area contributed by atoms with Gasteiger partial charge in [0.05, 0.1) is 6.42 Å². The number of nitrogens with zero attached hydrogens (tertiary/aromatic N) is 1. The summed E-state index contributed by atoms with van der Waals surface area (Å²) < 4.78 is 5.31. The van der Waals surface area contributed by atoms with Crippen molar-refractivity contribution in [2.45, 2.75) is 12.5 Å². The van der Waals surface area contributed by atoms with Gasteiger partial charge < -0.3 is 9.57 Å². The normalized spacial score (nSPS) is 19.2. The van der Waals surface area contributed by atoms with E-state index in [1.165, 1.54) is 0 Å². The molecule has 1 aliphatic heterocycles. The number of hydrogen-bond acceptors (Lipinski definition) is 3. The lowest BCUT2D eigenvalue weighted by Gasteiger charge is -2.06. The molecule has 1 aliphatic rings. The minimum absolute atomic E-state index is 0.00832. The number of rotatable bonds is 3. The van der Waals surface area contributed by atoms with E-state index < -0.39 is 0 Å². The zero-order valence-corrected chi connectivity index (χ0v) is 8.43. The molecule has 0 saturated carbocycles. The molecule has 78 valence electrons. The fraction of sp³-hybridized carbons (Fsp3) is 0.250. The Hall–Kier alpha value is -1.77. The van der Waals surface area contributed by atoms with Gasteiger partial charge in [-0.1, -0.05) is 48.1 Å². The van der Waals surface area contributed by atoms with E-state index in [0.717, 1.165) is 5.56 Å². The lowest BCUT2D eigenvalue weighted by Crippen LogP contribution is -2.04. The summed E-state index contributed by atoms with van der Waals surface area (Å²) in [5, 5.41) is 3.88. The summed E-state index contributed by atoms with van der Waals surface area (Å²) in [5.74, 6) is 0.642. The molecule has 0 saturated heterocycles. The molecular formula is C12H13NO2. The molecule has 0 spiro atoms. The van der Waals surface area contributed by atoms with Crippen molar-refractivity contribution >= 4 is 5.90 Å². The van der Waals surface area contributed by atoms with E-state index in [2.05, 4.69) is 11.7 Å². The quantitative estimate of drug-likeness (QED) is 0.707. The molecule has 1 heterocycles. The third kappa shape index (κ3) is 2.37. The molecular weight excluding hydrogens is 190 g/mol. The highest BCUT2D eigenvalue weighted by Gasteiger charge is 2.23. The molecule has 15 heavy (non-hydrogen) atoms. The van der Waals surface area contributed by atoms with Crippen molar-refractivity contribution in [3.8, 4) is 0 Å². The smallest absolute Gasteiger partial charge is 0.230 e. The molecule has 0 aromatic heterocycles. The molecule has 0 radical (unpaired) electrons. The van der Waals surface area contributed by atoms with Gasteiger partial charge in [0.1, 0.15) is 6.61 Å². The molecule has 0 bridgehead atoms. The Morgan fingerprint density at radius 3 is 3.00 bits per heavy atom. The predicted octanol–water partition coefficient (Wildman–Crippen LogP) is 2.66. The fourth-order valence-electron chi connectivity index (χ4n) is 1.44. The first-order valence-corrected chi connectivity index (χ1v) is 4.91. The SMILES string of the molecule is C=CCOC1=NOC(c2ccccc2)C1. The average Bonchev–Trinajstić information content (AvgIpc) is 2.76. The highest BCUT2D eigenvalue weighted by atomic mass is 16.7. The van der Waals surface area contributed by atoms with Crippen molar-refractivity contribution in [1.82, 2.24) is 0 Å². The van der Waals surface area contributed by atoms with Gasteiger partial charge >= 0.3 is 0 Å². The Bertz CT molecular complexity index is 359. The number of ether oxygens (including phenoxy) is 1. The van der Waals surface area contributed by atoms with Crippen LogP contribution >= 0.6 is 0 Å².